The number of halogens is 2. The van der Waals surface area contributed by atoms with Gasteiger partial charge in [0.2, 0.25) is 0 Å². The van der Waals surface area contributed by atoms with E-state index in [1.165, 1.54) is 24.5 Å². The van der Waals surface area contributed by atoms with Gasteiger partial charge in [-0.15, -0.1) is 0 Å². The van der Waals surface area contributed by atoms with Gasteiger partial charge in [-0.2, -0.15) is 0 Å². The van der Waals surface area contributed by atoms with Gasteiger partial charge < -0.3 is 10.2 Å². The molecule has 0 bridgehead atoms. The molecule has 2 N–H and O–H groups in total. The van der Waals surface area contributed by atoms with Crippen LogP contribution in [0, 0.1) is 18.6 Å². The molecule has 2 aromatic rings. The van der Waals surface area contributed by atoms with Crippen molar-refractivity contribution >= 4 is 0 Å². The molecule has 0 spiro atoms. The summed E-state index contributed by atoms with van der Waals surface area (Å²) in [5.74, 6) is -0.639. The first-order chi connectivity index (χ1) is 7.59. The van der Waals surface area contributed by atoms with E-state index in [2.05, 4.69) is 0 Å². The first kappa shape index (κ1) is 10.8. The Balaban J connectivity index is 2.45. The summed E-state index contributed by atoms with van der Waals surface area (Å²) in [4.78, 5) is 0. The van der Waals surface area contributed by atoms with Crippen molar-refractivity contribution in [2.45, 2.75) is 13.0 Å². The van der Waals surface area contributed by atoms with Gasteiger partial charge in [0.1, 0.15) is 17.4 Å². The van der Waals surface area contributed by atoms with Crippen molar-refractivity contribution in [2.24, 2.45) is 5.73 Å². The number of rotatable bonds is 2. The predicted molar refractivity (Wildman–Crippen MR) is 55.8 cm³/mol. The van der Waals surface area contributed by atoms with E-state index >= 15 is 0 Å². The Morgan fingerprint density at radius 3 is 2.38 bits per heavy atom. The van der Waals surface area contributed by atoms with Gasteiger partial charge in [0.15, 0.2) is 0 Å². The Morgan fingerprint density at radius 2 is 1.88 bits per heavy atom. The summed E-state index contributed by atoms with van der Waals surface area (Å²) in [5.41, 5.74) is 6.21. The molecule has 0 aliphatic rings. The number of nitrogens with two attached hydrogens (primary N) is 1. The first-order valence-electron chi connectivity index (χ1n) is 4.84. The van der Waals surface area contributed by atoms with Gasteiger partial charge >= 0.3 is 0 Å². The standard InChI is InChI=1S/C12H11F2NO/c1-7-5-8(6-16-7)12(15)11-9(13)3-2-4-10(11)14/h2-6,12H,15H2,1H3. The van der Waals surface area contributed by atoms with Gasteiger partial charge in [0.25, 0.3) is 0 Å². The van der Waals surface area contributed by atoms with Crippen molar-refractivity contribution in [3.8, 4) is 0 Å². The molecule has 84 valence electrons. The van der Waals surface area contributed by atoms with Crippen LogP contribution in [0.5, 0.6) is 0 Å². The monoisotopic (exact) mass is 223 g/mol. The lowest BCUT2D eigenvalue weighted by atomic mass is 10.0. The van der Waals surface area contributed by atoms with E-state index in [-0.39, 0.29) is 5.56 Å². The molecular weight excluding hydrogens is 212 g/mol. The molecule has 0 aliphatic carbocycles. The summed E-state index contributed by atoms with van der Waals surface area (Å²) in [7, 11) is 0. The second-order valence-electron chi connectivity index (χ2n) is 3.60. The molecule has 2 rings (SSSR count). The third kappa shape index (κ3) is 1.84. The maximum absolute atomic E-state index is 13.4. The molecule has 0 amide bonds. The first-order valence-corrected chi connectivity index (χ1v) is 4.84. The molecule has 0 saturated carbocycles. The second kappa shape index (κ2) is 4.06. The Kier molecular flexibility index (Phi) is 2.75. The lowest BCUT2D eigenvalue weighted by molar-refractivity contribution is 0.524. The molecule has 2 nitrogen and oxygen atoms in total. The maximum Gasteiger partial charge on any atom is 0.131 e. The highest BCUT2D eigenvalue weighted by Crippen LogP contribution is 2.25. The zero-order valence-electron chi connectivity index (χ0n) is 8.71. The molecular formula is C12H11F2NO. The fourth-order valence-electron chi connectivity index (χ4n) is 1.60. The highest BCUT2D eigenvalue weighted by molar-refractivity contribution is 5.32. The highest BCUT2D eigenvalue weighted by atomic mass is 19.1. The number of aryl methyl sites for hydroxylation is 1. The Labute approximate surface area is 91.7 Å². The van der Waals surface area contributed by atoms with Crippen molar-refractivity contribution < 1.29 is 13.2 Å². The van der Waals surface area contributed by atoms with Crippen LogP contribution in [0.3, 0.4) is 0 Å². The minimum Gasteiger partial charge on any atom is -0.469 e. The molecule has 0 radical (unpaired) electrons. The van der Waals surface area contributed by atoms with Crippen LogP contribution in [-0.4, -0.2) is 0 Å². The maximum atomic E-state index is 13.4. The summed E-state index contributed by atoms with van der Waals surface area (Å²) in [6.07, 6.45) is 1.41. The van der Waals surface area contributed by atoms with Crippen molar-refractivity contribution in [3.05, 3.63) is 59.1 Å². The minimum atomic E-state index is -0.848. The topological polar surface area (TPSA) is 39.2 Å². The summed E-state index contributed by atoms with van der Waals surface area (Å²) >= 11 is 0. The highest BCUT2D eigenvalue weighted by Gasteiger charge is 2.19. The van der Waals surface area contributed by atoms with Crippen LogP contribution in [0.4, 0.5) is 8.78 Å². The fraction of sp³-hybridized carbons (Fsp3) is 0.167. The average molecular weight is 223 g/mol. The van der Waals surface area contributed by atoms with Crippen molar-refractivity contribution in [3.63, 3.8) is 0 Å². The van der Waals surface area contributed by atoms with Crippen LogP contribution in [-0.2, 0) is 0 Å². The lowest BCUT2D eigenvalue weighted by Gasteiger charge is -2.11. The van der Waals surface area contributed by atoms with Crippen LogP contribution in [0.1, 0.15) is 22.9 Å². The molecule has 16 heavy (non-hydrogen) atoms. The zero-order chi connectivity index (χ0) is 11.7. The van der Waals surface area contributed by atoms with Gasteiger partial charge in [-0.05, 0) is 25.1 Å². The Hall–Kier alpha value is -1.68. The van der Waals surface area contributed by atoms with E-state index in [1.54, 1.807) is 13.0 Å². The van der Waals surface area contributed by atoms with E-state index in [1.807, 2.05) is 0 Å². The van der Waals surface area contributed by atoms with Crippen LogP contribution in [0.15, 0.2) is 34.9 Å². The van der Waals surface area contributed by atoms with Gasteiger partial charge in [0.05, 0.1) is 12.3 Å². The summed E-state index contributed by atoms with van der Waals surface area (Å²) in [6.45, 7) is 1.74. The number of benzene rings is 1. The van der Waals surface area contributed by atoms with E-state index in [0.29, 0.717) is 11.3 Å². The average Bonchev–Trinajstić information content (AvgIpc) is 2.64. The predicted octanol–water partition coefficient (Wildman–Crippen LogP) is 2.91. The van der Waals surface area contributed by atoms with Crippen molar-refractivity contribution in [2.75, 3.05) is 0 Å². The third-order valence-corrected chi connectivity index (χ3v) is 2.42. The zero-order valence-corrected chi connectivity index (χ0v) is 8.71. The van der Waals surface area contributed by atoms with Crippen molar-refractivity contribution in [1.82, 2.24) is 0 Å². The summed E-state index contributed by atoms with van der Waals surface area (Å²) < 4.78 is 31.9. The van der Waals surface area contributed by atoms with Gasteiger partial charge in [-0.1, -0.05) is 6.07 Å². The van der Waals surface area contributed by atoms with Crippen LogP contribution in [0.25, 0.3) is 0 Å². The van der Waals surface area contributed by atoms with E-state index in [0.717, 1.165) is 0 Å². The van der Waals surface area contributed by atoms with Gasteiger partial charge in [-0.25, -0.2) is 8.78 Å². The molecule has 0 fully saturated rings. The normalized spacial score (nSPS) is 12.8. The third-order valence-electron chi connectivity index (χ3n) is 2.42. The number of hydrogen-bond acceptors (Lipinski definition) is 2. The lowest BCUT2D eigenvalue weighted by Crippen LogP contribution is -2.14. The molecule has 0 saturated heterocycles. The van der Waals surface area contributed by atoms with Gasteiger partial charge in [-0.3, -0.25) is 0 Å². The van der Waals surface area contributed by atoms with Crippen LogP contribution < -0.4 is 5.73 Å². The molecule has 1 heterocycles. The number of hydrogen-bond donors (Lipinski definition) is 1. The molecule has 1 aromatic heterocycles. The van der Waals surface area contributed by atoms with Gasteiger partial charge in [0, 0.05) is 11.1 Å². The van der Waals surface area contributed by atoms with E-state index in [9.17, 15) is 8.78 Å². The second-order valence-corrected chi connectivity index (χ2v) is 3.60. The Morgan fingerprint density at radius 1 is 1.25 bits per heavy atom. The minimum absolute atomic E-state index is 0.136. The smallest absolute Gasteiger partial charge is 0.131 e. The summed E-state index contributed by atoms with van der Waals surface area (Å²) in [5, 5.41) is 0. The molecule has 0 aliphatic heterocycles. The molecule has 1 aromatic carbocycles. The molecule has 1 unspecified atom stereocenters. The number of furan rings is 1. The quantitative estimate of drug-likeness (QED) is 0.850. The molecule has 4 heteroatoms. The summed E-state index contributed by atoms with van der Waals surface area (Å²) in [6, 6.07) is 4.49. The van der Waals surface area contributed by atoms with Crippen molar-refractivity contribution in [1.29, 1.82) is 0 Å². The fourth-order valence-corrected chi connectivity index (χ4v) is 1.60. The van der Waals surface area contributed by atoms with E-state index in [4.69, 9.17) is 10.2 Å². The largest absolute Gasteiger partial charge is 0.469 e. The SMILES string of the molecule is Cc1cc(C(N)c2c(F)cccc2F)co1. The van der Waals surface area contributed by atoms with E-state index < -0.39 is 17.7 Å². The Bertz CT molecular complexity index is 487. The molecule has 1 atom stereocenters. The van der Waals surface area contributed by atoms with Crippen LogP contribution in [0.2, 0.25) is 0 Å². The van der Waals surface area contributed by atoms with Crippen LogP contribution >= 0.6 is 0 Å².